The highest BCUT2D eigenvalue weighted by molar-refractivity contribution is 5.94. The number of hydrogen-bond acceptors (Lipinski definition) is 5. The molecule has 0 saturated heterocycles. The van der Waals surface area contributed by atoms with Gasteiger partial charge in [-0.3, -0.25) is 19.8 Å². The van der Waals surface area contributed by atoms with Crippen LogP contribution in [0.3, 0.4) is 0 Å². The van der Waals surface area contributed by atoms with E-state index in [1.807, 2.05) is 6.92 Å². The Morgan fingerprint density at radius 3 is 2.65 bits per heavy atom. The van der Waals surface area contributed by atoms with E-state index < -0.39 is 11.7 Å². The minimum atomic E-state index is -0.632. The van der Waals surface area contributed by atoms with Crippen molar-refractivity contribution in [2.45, 2.75) is 13.3 Å². The molecule has 34 heavy (non-hydrogen) atoms. The van der Waals surface area contributed by atoms with E-state index in [0.29, 0.717) is 22.9 Å². The van der Waals surface area contributed by atoms with Gasteiger partial charge in [-0.05, 0) is 54.4 Å². The molecule has 0 aliphatic carbocycles. The number of rotatable bonds is 7. The van der Waals surface area contributed by atoms with Gasteiger partial charge in [-0.25, -0.2) is 9.87 Å². The lowest BCUT2D eigenvalue weighted by atomic mass is 10.1. The zero-order valence-corrected chi connectivity index (χ0v) is 18.1. The fraction of sp³-hybridized carbons (Fsp3) is 0.0800. The predicted octanol–water partition coefficient (Wildman–Crippen LogP) is 4.86. The summed E-state index contributed by atoms with van der Waals surface area (Å²) in [5, 5.41) is 11.3. The number of nitrogens with zero attached hydrogens (tertiary/aromatic N) is 1. The van der Waals surface area contributed by atoms with Crippen LogP contribution in [0, 0.1) is 12.7 Å². The Kier molecular flexibility index (Phi) is 6.65. The fourth-order valence-electron chi connectivity index (χ4n) is 3.29. The monoisotopic (exact) mass is 462 g/mol. The number of pyridine rings is 1. The molecular weight excluding hydrogens is 439 g/mol. The van der Waals surface area contributed by atoms with E-state index >= 15 is 0 Å². The Balaban J connectivity index is 0.00000342. The predicted molar refractivity (Wildman–Crippen MR) is 125 cm³/mol. The molecule has 4 N–H and O–H groups in total. The summed E-state index contributed by atoms with van der Waals surface area (Å²) in [5.74, 6) is -0.359. The summed E-state index contributed by atoms with van der Waals surface area (Å²) in [7, 11) is 0. The van der Waals surface area contributed by atoms with Crippen molar-refractivity contribution in [3.05, 3.63) is 95.6 Å². The summed E-state index contributed by atoms with van der Waals surface area (Å²) < 4.78 is 19.7. The molecule has 0 bridgehead atoms. The number of carbonyl (C=O) groups excluding carboxylic acids is 2. The Morgan fingerprint density at radius 1 is 1.09 bits per heavy atom. The fourth-order valence-corrected chi connectivity index (χ4v) is 3.29. The Morgan fingerprint density at radius 2 is 1.88 bits per heavy atom. The van der Waals surface area contributed by atoms with Gasteiger partial charge in [0.25, 0.3) is 5.91 Å². The summed E-state index contributed by atoms with van der Waals surface area (Å²) in [6.45, 7) is 1.82. The first-order chi connectivity index (χ1) is 16.4. The first-order valence-electron chi connectivity index (χ1n) is 10.3. The van der Waals surface area contributed by atoms with E-state index in [2.05, 4.69) is 15.3 Å². The van der Waals surface area contributed by atoms with Crippen molar-refractivity contribution in [2.75, 3.05) is 5.32 Å². The second-order valence-electron chi connectivity index (χ2n) is 7.57. The van der Waals surface area contributed by atoms with Crippen LogP contribution in [-0.2, 0) is 11.2 Å². The Bertz CT molecular complexity index is 1340. The van der Waals surface area contributed by atoms with Crippen LogP contribution in [0.25, 0.3) is 11.4 Å². The zero-order chi connectivity index (χ0) is 24.1. The highest BCUT2D eigenvalue weighted by atomic mass is 19.1. The van der Waals surface area contributed by atoms with Crippen molar-refractivity contribution in [1.29, 1.82) is 0 Å². The summed E-state index contributed by atoms with van der Waals surface area (Å²) in [5.41, 5.74) is 4.72. The molecule has 0 atom stereocenters. The molecular formula is C25H23FN4O4. The summed E-state index contributed by atoms with van der Waals surface area (Å²) >= 11 is 0. The number of hydroxylamine groups is 1. The number of amides is 2. The maximum Gasteiger partial charge on any atom is 0.276 e. The number of anilines is 1. The molecule has 2 aromatic carbocycles. The lowest BCUT2D eigenvalue weighted by Crippen LogP contribution is -2.17. The largest absolute Gasteiger partial charge is 0.457 e. The van der Waals surface area contributed by atoms with Gasteiger partial charge in [-0.1, -0.05) is 18.2 Å². The summed E-state index contributed by atoms with van der Waals surface area (Å²) in [6, 6.07) is 16.5. The van der Waals surface area contributed by atoms with Gasteiger partial charge in [0.05, 0.1) is 29.1 Å². The lowest BCUT2D eigenvalue weighted by Gasteiger charge is -2.09. The number of benzene rings is 2. The third kappa shape index (κ3) is 5.45. The first-order valence-corrected chi connectivity index (χ1v) is 10.3. The smallest absolute Gasteiger partial charge is 0.276 e. The number of halogens is 1. The molecule has 0 fully saturated rings. The normalized spacial score (nSPS) is 10.6. The number of aromatic amines is 1. The van der Waals surface area contributed by atoms with Crippen molar-refractivity contribution in [2.24, 2.45) is 0 Å². The maximum atomic E-state index is 13.9. The van der Waals surface area contributed by atoms with Crippen molar-refractivity contribution in [1.82, 2.24) is 15.4 Å². The van der Waals surface area contributed by atoms with E-state index in [9.17, 15) is 14.0 Å². The number of carbonyl (C=O) groups is 2. The van der Waals surface area contributed by atoms with Crippen LogP contribution in [0.1, 0.15) is 22.9 Å². The molecule has 4 rings (SSSR count). The van der Waals surface area contributed by atoms with Crippen LogP contribution in [0.2, 0.25) is 0 Å². The molecule has 0 saturated carbocycles. The molecule has 8 nitrogen and oxygen atoms in total. The molecule has 2 heterocycles. The summed E-state index contributed by atoms with van der Waals surface area (Å²) in [6.07, 6.45) is 3.11. The van der Waals surface area contributed by atoms with Gasteiger partial charge >= 0.3 is 0 Å². The van der Waals surface area contributed by atoms with Crippen LogP contribution in [0.5, 0.6) is 11.5 Å². The highest BCUT2D eigenvalue weighted by Crippen LogP contribution is 2.26. The van der Waals surface area contributed by atoms with Gasteiger partial charge < -0.3 is 15.0 Å². The number of aromatic nitrogens is 2. The quantitative estimate of drug-likeness (QED) is 0.231. The average Bonchev–Trinajstić information content (AvgIpc) is 3.33. The molecule has 0 radical (unpaired) electrons. The molecule has 0 unspecified atom stereocenters. The van der Waals surface area contributed by atoms with Crippen LogP contribution >= 0.6 is 0 Å². The number of H-pyrrole nitrogens is 1. The molecule has 0 aliphatic heterocycles. The van der Waals surface area contributed by atoms with Gasteiger partial charge in [0.15, 0.2) is 0 Å². The molecule has 9 heteroatoms. The number of ether oxygens (including phenoxy) is 1. The van der Waals surface area contributed by atoms with Crippen LogP contribution in [0.4, 0.5) is 10.1 Å². The second kappa shape index (κ2) is 9.97. The van der Waals surface area contributed by atoms with E-state index in [-0.39, 0.29) is 25.0 Å². The molecule has 0 aliphatic rings. The van der Waals surface area contributed by atoms with Crippen molar-refractivity contribution < 1.29 is 25.4 Å². The third-order valence-electron chi connectivity index (χ3n) is 4.97. The molecule has 2 aromatic heterocycles. The Labute approximate surface area is 195 Å². The van der Waals surface area contributed by atoms with E-state index in [1.165, 1.54) is 12.3 Å². The van der Waals surface area contributed by atoms with Gasteiger partial charge in [-0.2, -0.15) is 0 Å². The molecule has 0 spiro atoms. The Hall–Kier alpha value is -4.50. The maximum absolute atomic E-state index is 13.9. The topological polar surface area (TPSA) is 116 Å². The standard InChI is InChI=1S/C25H21FN4O4.H2/c1-15-2-7-20(26)21(10-15)29-24(31)11-16-3-5-18(6-4-16)34-19-8-9-27-23(13-19)22-12-17(14-28-22)25(32)30-33;/h2-10,12-14,28,33H,11H2,1H3,(H,29,31)(H,30,32);1H. The zero-order valence-electron chi connectivity index (χ0n) is 18.1. The molecule has 2 amide bonds. The third-order valence-corrected chi connectivity index (χ3v) is 4.97. The minimum Gasteiger partial charge on any atom is -0.457 e. The minimum absolute atomic E-state index is 0. The first kappa shape index (κ1) is 22.7. The highest BCUT2D eigenvalue weighted by Gasteiger charge is 2.11. The van der Waals surface area contributed by atoms with Crippen LogP contribution < -0.4 is 15.5 Å². The van der Waals surface area contributed by atoms with Gasteiger partial charge in [0.1, 0.15) is 17.3 Å². The van der Waals surface area contributed by atoms with Crippen LogP contribution in [0.15, 0.2) is 73.1 Å². The second-order valence-corrected chi connectivity index (χ2v) is 7.57. The van der Waals surface area contributed by atoms with Gasteiger partial charge in [0, 0.05) is 19.9 Å². The van der Waals surface area contributed by atoms with E-state index in [0.717, 1.165) is 11.1 Å². The lowest BCUT2D eigenvalue weighted by molar-refractivity contribution is -0.115. The SMILES string of the molecule is Cc1ccc(F)c(NC(=O)Cc2ccc(Oc3ccnc(-c4cc(C(=O)NO)c[nH]4)c3)cc2)c1.[HH]. The van der Waals surface area contributed by atoms with Crippen molar-refractivity contribution >= 4 is 17.5 Å². The van der Waals surface area contributed by atoms with Gasteiger partial charge in [0.2, 0.25) is 5.91 Å². The van der Waals surface area contributed by atoms with Crippen molar-refractivity contribution in [3.8, 4) is 22.9 Å². The molecule has 174 valence electrons. The number of nitrogens with one attached hydrogen (secondary N) is 3. The van der Waals surface area contributed by atoms with Gasteiger partial charge in [-0.15, -0.1) is 0 Å². The van der Waals surface area contributed by atoms with E-state index in [4.69, 9.17) is 9.94 Å². The average molecular weight is 462 g/mol. The van der Waals surface area contributed by atoms with Crippen LogP contribution in [-0.4, -0.2) is 27.0 Å². The van der Waals surface area contributed by atoms with Crippen molar-refractivity contribution in [3.63, 3.8) is 0 Å². The van der Waals surface area contributed by atoms with E-state index in [1.54, 1.807) is 66.3 Å². The summed E-state index contributed by atoms with van der Waals surface area (Å²) in [4.78, 5) is 31.0. The molecule has 4 aromatic rings. The number of hydrogen-bond donors (Lipinski definition) is 4. The number of aryl methyl sites for hydroxylation is 1.